The third-order valence-corrected chi connectivity index (χ3v) is 5.62. The summed E-state index contributed by atoms with van der Waals surface area (Å²) in [5.41, 5.74) is 1.58. The number of ether oxygens (including phenoxy) is 1. The molecule has 0 aromatic heterocycles. The third-order valence-electron chi connectivity index (χ3n) is 4.51. The van der Waals surface area contributed by atoms with E-state index in [1.807, 2.05) is 30.3 Å². The van der Waals surface area contributed by atoms with Crippen LogP contribution >= 0.6 is 0 Å². The summed E-state index contributed by atoms with van der Waals surface area (Å²) in [5, 5.41) is 6.14. The van der Waals surface area contributed by atoms with Crippen molar-refractivity contribution in [3.63, 3.8) is 0 Å². The van der Waals surface area contributed by atoms with Gasteiger partial charge in [-0.1, -0.05) is 24.3 Å². The Hall–Kier alpha value is -2.38. The van der Waals surface area contributed by atoms with Crippen LogP contribution in [0, 0.1) is 5.92 Å². The van der Waals surface area contributed by atoms with Crippen LogP contribution in [-0.4, -0.2) is 40.8 Å². The van der Waals surface area contributed by atoms with E-state index < -0.39 is 15.9 Å². The molecule has 7 heteroatoms. The van der Waals surface area contributed by atoms with Gasteiger partial charge in [-0.05, 0) is 35.4 Å². The molecule has 0 aliphatic carbocycles. The van der Waals surface area contributed by atoms with Gasteiger partial charge in [-0.25, -0.2) is 8.42 Å². The van der Waals surface area contributed by atoms with Crippen molar-refractivity contribution in [1.82, 2.24) is 10.6 Å². The summed E-state index contributed by atoms with van der Waals surface area (Å²) in [5.74, 6) is 0.607. The molecule has 2 N–H and O–H groups in total. The highest BCUT2D eigenvalue weighted by Gasteiger charge is 2.28. The van der Waals surface area contributed by atoms with Gasteiger partial charge in [0.25, 0.3) is 0 Å². The highest BCUT2D eigenvalue weighted by molar-refractivity contribution is 7.90. The summed E-state index contributed by atoms with van der Waals surface area (Å²) in [4.78, 5) is 12.7. The van der Waals surface area contributed by atoms with Crippen LogP contribution in [0.15, 0.2) is 53.4 Å². The first kappa shape index (κ1) is 18.4. The molecule has 1 aliphatic heterocycles. The van der Waals surface area contributed by atoms with Gasteiger partial charge in [-0.3, -0.25) is 4.79 Å². The fourth-order valence-corrected chi connectivity index (χ4v) is 3.49. The predicted octanol–water partition coefficient (Wildman–Crippen LogP) is 1.52. The Labute approximate surface area is 153 Å². The van der Waals surface area contributed by atoms with Crippen molar-refractivity contribution in [2.75, 3.05) is 26.5 Å². The molecule has 1 heterocycles. The molecular formula is C19H22N2O4S. The van der Waals surface area contributed by atoms with Crippen molar-refractivity contribution in [3.05, 3.63) is 59.7 Å². The summed E-state index contributed by atoms with van der Waals surface area (Å²) >= 11 is 0. The lowest BCUT2D eigenvalue weighted by Gasteiger charge is -2.29. The second-order valence-electron chi connectivity index (χ2n) is 6.41. The van der Waals surface area contributed by atoms with E-state index in [2.05, 4.69) is 10.6 Å². The van der Waals surface area contributed by atoms with Crippen LogP contribution in [0.5, 0.6) is 5.75 Å². The molecule has 2 aromatic carbocycles. The van der Waals surface area contributed by atoms with Crippen LogP contribution in [0.3, 0.4) is 0 Å². The Balaban J connectivity index is 1.97. The lowest BCUT2D eigenvalue weighted by atomic mass is 9.96. The number of nitrogens with one attached hydrogen (secondary N) is 2. The van der Waals surface area contributed by atoms with E-state index in [1.54, 1.807) is 25.3 Å². The van der Waals surface area contributed by atoms with Gasteiger partial charge in [0.05, 0.1) is 24.0 Å². The molecule has 1 atom stereocenters. The van der Waals surface area contributed by atoms with Gasteiger partial charge < -0.3 is 15.4 Å². The summed E-state index contributed by atoms with van der Waals surface area (Å²) in [6.45, 7) is 1.31. The van der Waals surface area contributed by atoms with E-state index in [0.29, 0.717) is 18.8 Å². The molecule has 6 nitrogen and oxygen atoms in total. The highest BCUT2D eigenvalue weighted by atomic mass is 32.2. The predicted molar refractivity (Wildman–Crippen MR) is 98.9 cm³/mol. The van der Waals surface area contributed by atoms with Crippen LogP contribution in [0.25, 0.3) is 0 Å². The largest absolute Gasteiger partial charge is 0.497 e. The molecule has 1 unspecified atom stereocenters. The van der Waals surface area contributed by atoms with Crippen LogP contribution in [0.1, 0.15) is 17.2 Å². The Kier molecular flexibility index (Phi) is 5.29. The van der Waals surface area contributed by atoms with E-state index in [9.17, 15) is 13.2 Å². The minimum atomic E-state index is -3.33. The van der Waals surface area contributed by atoms with Gasteiger partial charge >= 0.3 is 0 Å². The normalized spacial score (nSPS) is 15.8. The monoisotopic (exact) mass is 374 g/mol. The number of benzene rings is 2. The molecule has 26 heavy (non-hydrogen) atoms. The van der Waals surface area contributed by atoms with Crippen LogP contribution in [-0.2, 0) is 14.6 Å². The third kappa shape index (κ3) is 4.05. The number of hydrogen-bond donors (Lipinski definition) is 2. The lowest BCUT2D eigenvalue weighted by molar-refractivity contribution is -0.126. The molecule has 1 fully saturated rings. The number of carbonyl (C=O) groups is 1. The first-order chi connectivity index (χ1) is 12.4. The van der Waals surface area contributed by atoms with Crippen LogP contribution in [0.4, 0.5) is 0 Å². The molecule has 1 aliphatic rings. The maximum absolute atomic E-state index is 12.5. The second kappa shape index (κ2) is 7.47. The fourth-order valence-electron chi connectivity index (χ4n) is 2.81. The molecule has 0 spiro atoms. The number of hydrogen-bond acceptors (Lipinski definition) is 5. The van der Waals surface area contributed by atoms with E-state index in [-0.39, 0.29) is 16.7 Å². The number of amides is 1. The molecule has 1 saturated heterocycles. The maximum Gasteiger partial charge on any atom is 0.226 e. The molecule has 0 bridgehead atoms. The van der Waals surface area contributed by atoms with Crippen molar-refractivity contribution >= 4 is 15.7 Å². The standard InChI is InChI=1S/C19H22N2O4S/c1-25-16-8-6-13(7-9-16)18(21-19(22)15-11-20-12-15)14-4-3-5-17(10-14)26(2,23)24/h3-10,15,18,20H,11-12H2,1-2H3,(H,21,22). The molecule has 138 valence electrons. The smallest absolute Gasteiger partial charge is 0.226 e. The average molecular weight is 374 g/mol. The molecule has 0 saturated carbocycles. The number of carbonyl (C=O) groups excluding carboxylic acids is 1. The van der Waals surface area contributed by atoms with Crippen molar-refractivity contribution in [2.45, 2.75) is 10.9 Å². The first-order valence-corrected chi connectivity index (χ1v) is 10.2. The van der Waals surface area contributed by atoms with E-state index >= 15 is 0 Å². The summed E-state index contributed by atoms with van der Waals surface area (Å²) in [6, 6.07) is 13.6. The summed E-state index contributed by atoms with van der Waals surface area (Å²) in [7, 11) is -1.74. The minimum absolute atomic E-state index is 0.0469. The van der Waals surface area contributed by atoms with Gasteiger partial charge in [0.2, 0.25) is 5.91 Å². The quantitative estimate of drug-likeness (QED) is 0.801. The van der Waals surface area contributed by atoms with Gasteiger partial charge in [-0.2, -0.15) is 0 Å². The Morgan fingerprint density at radius 2 is 1.85 bits per heavy atom. The zero-order valence-electron chi connectivity index (χ0n) is 14.7. The van der Waals surface area contributed by atoms with E-state index in [1.165, 1.54) is 6.26 Å². The van der Waals surface area contributed by atoms with Gasteiger partial charge in [-0.15, -0.1) is 0 Å². The van der Waals surface area contributed by atoms with E-state index in [4.69, 9.17) is 4.74 Å². The number of methoxy groups -OCH3 is 1. The molecular weight excluding hydrogens is 352 g/mol. The average Bonchev–Trinajstić information content (AvgIpc) is 2.58. The topological polar surface area (TPSA) is 84.5 Å². The van der Waals surface area contributed by atoms with Crippen LogP contribution < -0.4 is 15.4 Å². The van der Waals surface area contributed by atoms with E-state index in [0.717, 1.165) is 11.1 Å². The van der Waals surface area contributed by atoms with Crippen molar-refractivity contribution < 1.29 is 17.9 Å². The number of sulfone groups is 1. The number of rotatable bonds is 6. The van der Waals surface area contributed by atoms with Crippen molar-refractivity contribution in [2.24, 2.45) is 5.92 Å². The SMILES string of the molecule is COc1ccc(C(NC(=O)C2CNC2)c2cccc(S(C)(=O)=O)c2)cc1. The Bertz CT molecular complexity index is 890. The zero-order valence-corrected chi connectivity index (χ0v) is 15.5. The van der Waals surface area contributed by atoms with Crippen molar-refractivity contribution in [1.29, 1.82) is 0 Å². The van der Waals surface area contributed by atoms with Crippen molar-refractivity contribution in [3.8, 4) is 5.75 Å². The maximum atomic E-state index is 12.5. The Morgan fingerprint density at radius 1 is 1.15 bits per heavy atom. The van der Waals surface area contributed by atoms with Gasteiger partial charge in [0, 0.05) is 19.3 Å². The summed E-state index contributed by atoms with van der Waals surface area (Å²) < 4.78 is 29.0. The zero-order chi connectivity index (χ0) is 18.7. The minimum Gasteiger partial charge on any atom is -0.497 e. The Morgan fingerprint density at radius 3 is 2.38 bits per heavy atom. The molecule has 1 amide bonds. The highest BCUT2D eigenvalue weighted by Crippen LogP contribution is 2.26. The van der Waals surface area contributed by atoms with Crippen LogP contribution in [0.2, 0.25) is 0 Å². The van der Waals surface area contributed by atoms with Gasteiger partial charge in [0.1, 0.15) is 5.75 Å². The molecule has 2 aromatic rings. The second-order valence-corrected chi connectivity index (χ2v) is 8.43. The molecule has 3 rings (SSSR count). The fraction of sp³-hybridized carbons (Fsp3) is 0.316. The summed E-state index contributed by atoms with van der Waals surface area (Å²) in [6.07, 6.45) is 1.17. The van der Waals surface area contributed by atoms with Gasteiger partial charge in [0.15, 0.2) is 9.84 Å². The molecule has 0 radical (unpaired) electrons. The first-order valence-electron chi connectivity index (χ1n) is 8.33. The lowest BCUT2D eigenvalue weighted by Crippen LogP contribution is -2.51.